The molecule has 0 aliphatic carbocycles. The molecule has 0 aromatic heterocycles. The Balaban J connectivity index is 4.13. The smallest absolute Gasteiger partial charge is 0.361 e. The van der Waals surface area contributed by atoms with Crippen LogP contribution in [-0.2, 0) is 33.3 Å². The molecule has 77 heavy (non-hydrogen) atoms. The number of rotatable bonds is 60. The maximum atomic E-state index is 12.9. The van der Waals surface area contributed by atoms with Crippen LogP contribution in [0.25, 0.3) is 0 Å². The number of hydrogen-bond donors (Lipinski definition) is 1. The number of carboxylic acid groups (broad SMARTS) is 1. The number of hydrogen-bond acceptors (Lipinski definition) is 7. The van der Waals surface area contributed by atoms with Gasteiger partial charge in [0.2, 0.25) is 0 Å². The Bertz CT molecular complexity index is 1450. The molecule has 0 radical (unpaired) electrons. The van der Waals surface area contributed by atoms with E-state index >= 15 is 0 Å². The van der Waals surface area contributed by atoms with Gasteiger partial charge in [-0.15, -0.1) is 0 Å². The Labute approximate surface area is 475 Å². The minimum absolute atomic E-state index is 0.179. The molecule has 0 bridgehead atoms. The predicted molar refractivity (Wildman–Crippen MR) is 327 cm³/mol. The van der Waals surface area contributed by atoms with Gasteiger partial charge in [-0.3, -0.25) is 9.59 Å². The molecular weight excluding hydrogens is 959 g/mol. The van der Waals surface area contributed by atoms with Crippen molar-refractivity contribution in [3.8, 4) is 0 Å². The Morgan fingerprint density at radius 1 is 0.403 bits per heavy atom. The van der Waals surface area contributed by atoms with Crippen LogP contribution in [0, 0.1) is 0 Å². The number of unbranched alkanes of at least 4 members (excludes halogenated alkanes) is 35. The van der Waals surface area contributed by atoms with Crippen molar-refractivity contribution in [1.82, 2.24) is 0 Å². The zero-order chi connectivity index (χ0) is 56.2. The van der Waals surface area contributed by atoms with Crippen LogP contribution in [0.2, 0.25) is 0 Å². The number of nitrogens with zero attached hydrogens (tertiary/aromatic N) is 1. The van der Waals surface area contributed by atoms with Crippen LogP contribution >= 0.6 is 0 Å². The van der Waals surface area contributed by atoms with E-state index in [1.54, 1.807) is 0 Å². The summed E-state index contributed by atoms with van der Waals surface area (Å²) < 4.78 is 23.0. The summed E-state index contributed by atoms with van der Waals surface area (Å²) in [5, 5.41) is 9.73. The number of carbonyl (C=O) groups excluding carboxylic acids is 2. The summed E-state index contributed by atoms with van der Waals surface area (Å²) >= 11 is 0. The van der Waals surface area contributed by atoms with Gasteiger partial charge in [0.25, 0.3) is 6.29 Å². The van der Waals surface area contributed by atoms with E-state index in [0.717, 1.165) is 70.6 Å². The van der Waals surface area contributed by atoms with E-state index in [-0.39, 0.29) is 32.2 Å². The van der Waals surface area contributed by atoms with Crippen LogP contribution in [0.3, 0.4) is 0 Å². The van der Waals surface area contributed by atoms with Crippen molar-refractivity contribution < 1.29 is 42.9 Å². The molecule has 0 aliphatic heterocycles. The van der Waals surface area contributed by atoms with Crippen molar-refractivity contribution in [1.29, 1.82) is 0 Å². The van der Waals surface area contributed by atoms with E-state index in [0.29, 0.717) is 17.4 Å². The van der Waals surface area contributed by atoms with E-state index in [9.17, 15) is 19.5 Å². The molecule has 9 heteroatoms. The predicted octanol–water partition coefficient (Wildman–Crippen LogP) is 19.6. The van der Waals surface area contributed by atoms with E-state index in [1.807, 2.05) is 21.1 Å². The van der Waals surface area contributed by atoms with Gasteiger partial charge in [0.15, 0.2) is 6.10 Å². The monoisotopic (exact) mass is 1080 g/mol. The molecule has 0 amide bonds. The van der Waals surface area contributed by atoms with Crippen molar-refractivity contribution in [2.45, 2.75) is 309 Å². The molecule has 0 heterocycles. The first-order chi connectivity index (χ1) is 37.6. The van der Waals surface area contributed by atoms with E-state index in [2.05, 4.69) is 74.6 Å². The number of likely N-dealkylation sites (N-methyl/N-ethyl adjacent to an activating group) is 1. The number of ether oxygens (including phenoxy) is 4. The topological polar surface area (TPSA) is 108 Å². The van der Waals surface area contributed by atoms with Crippen molar-refractivity contribution in [2.24, 2.45) is 0 Å². The largest absolute Gasteiger partial charge is 0.477 e. The highest BCUT2D eigenvalue weighted by molar-refractivity contribution is 5.71. The summed E-state index contributed by atoms with van der Waals surface area (Å²) in [7, 11) is 5.98. The maximum Gasteiger partial charge on any atom is 0.361 e. The molecule has 2 unspecified atom stereocenters. The zero-order valence-corrected chi connectivity index (χ0v) is 51.1. The summed E-state index contributed by atoms with van der Waals surface area (Å²) in [5.74, 6) is -1.99. The average molecular weight is 1080 g/mol. The Kier molecular flexibility index (Phi) is 56.8. The third-order valence-corrected chi connectivity index (χ3v) is 14.3. The third-order valence-electron chi connectivity index (χ3n) is 14.3. The number of quaternary nitrogens is 1. The third kappa shape index (κ3) is 60.5. The maximum absolute atomic E-state index is 12.9. The summed E-state index contributed by atoms with van der Waals surface area (Å²) in [6, 6.07) is 0. The van der Waals surface area contributed by atoms with Crippen LogP contribution in [0.1, 0.15) is 296 Å². The van der Waals surface area contributed by atoms with Crippen molar-refractivity contribution in [3.05, 3.63) is 60.8 Å². The van der Waals surface area contributed by atoms with Crippen molar-refractivity contribution in [3.63, 3.8) is 0 Å². The highest BCUT2D eigenvalue weighted by atomic mass is 16.7. The minimum Gasteiger partial charge on any atom is -0.477 e. The molecule has 0 spiro atoms. The number of esters is 2. The van der Waals surface area contributed by atoms with Gasteiger partial charge in [0.05, 0.1) is 34.4 Å². The van der Waals surface area contributed by atoms with Crippen molar-refractivity contribution >= 4 is 17.9 Å². The van der Waals surface area contributed by atoms with E-state index in [1.165, 1.54) is 199 Å². The molecule has 1 N–H and O–H groups in total. The Hall–Kier alpha value is -3.01. The fraction of sp³-hybridized carbons (Fsp3) is 0.809. The number of carbonyl (C=O) groups is 3. The lowest BCUT2D eigenvalue weighted by Crippen LogP contribution is -2.40. The van der Waals surface area contributed by atoms with Gasteiger partial charge in [-0.05, 0) is 57.8 Å². The molecule has 0 rings (SSSR count). The second-order valence-corrected chi connectivity index (χ2v) is 23.1. The summed E-state index contributed by atoms with van der Waals surface area (Å²) in [5.41, 5.74) is 0. The molecule has 0 fully saturated rings. The first-order valence-corrected chi connectivity index (χ1v) is 32.5. The molecular formula is C68H124NO8+. The molecule has 9 nitrogen and oxygen atoms in total. The van der Waals surface area contributed by atoms with Crippen LogP contribution in [0.15, 0.2) is 60.8 Å². The van der Waals surface area contributed by atoms with Crippen LogP contribution in [0.4, 0.5) is 0 Å². The van der Waals surface area contributed by atoms with Crippen LogP contribution in [-0.4, -0.2) is 87.4 Å². The van der Waals surface area contributed by atoms with Crippen LogP contribution < -0.4 is 0 Å². The fourth-order valence-electron chi connectivity index (χ4n) is 9.34. The minimum atomic E-state index is -1.51. The normalized spacial score (nSPS) is 13.1. The lowest BCUT2D eigenvalue weighted by molar-refractivity contribution is -0.870. The number of aliphatic carboxylic acids is 1. The number of carboxylic acids is 1. The summed E-state index contributed by atoms with van der Waals surface area (Å²) in [6.07, 6.45) is 73.1. The first kappa shape index (κ1) is 74.0. The Morgan fingerprint density at radius 3 is 1.10 bits per heavy atom. The molecule has 0 saturated carbocycles. The van der Waals surface area contributed by atoms with Gasteiger partial charge in [-0.2, -0.15) is 0 Å². The molecule has 448 valence electrons. The summed E-state index contributed by atoms with van der Waals surface area (Å²) in [4.78, 5) is 37.5. The molecule has 0 aromatic carbocycles. The highest BCUT2D eigenvalue weighted by Crippen LogP contribution is 2.18. The highest BCUT2D eigenvalue weighted by Gasteiger charge is 2.25. The van der Waals surface area contributed by atoms with Crippen molar-refractivity contribution in [2.75, 3.05) is 47.5 Å². The van der Waals surface area contributed by atoms with Gasteiger partial charge >= 0.3 is 17.9 Å². The van der Waals surface area contributed by atoms with E-state index < -0.39 is 24.3 Å². The van der Waals surface area contributed by atoms with Gasteiger partial charge < -0.3 is 28.5 Å². The van der Waals surface area contributed by atoms with Gasteiger partial charge in [0.1, 0.15) is 13.2 Å². The second-order valence-electron chi connectivity index (χ2n) is 23.1. The molecule has 0 saturated heterocycles. The average Bonchev–Trinajstić information content (AvgIpc) is 3.40. The lowest BCUT2D eigenvalue weighted by Gasteiger charge is -2.25. The van der Waals surface area contributed by atoms with E-state index in [4.69, 9.17) is 18.9 Å². The fourth-order valence-corrected chi connectivity index (χ4v) is 9.34. The quantitative estimate of drug-likeness (QED) is 0.0211. The summed E-state index contributed by atoms with van der Waals surface area (Å²) in [6.45, 7) is 4.81. The second kappa shape index (κ2) is 59.1. The zero-order valence-electron chi connectivity index (χ0n) is 51.1. The van der Waals surface area contributed by atoms with Gasteiger partial charge in [0, 0.05) is 12.8 Å². The Morgan fingerprint density at radius 2 is 0.740 bits per heavy atom. The molecule has 0 aromatic rings. The SMILES string of the molecule is CC/C=C\C/C=C\C/C=C\C/C=C\C/C=C\CCCCCCCCCCCCCCCCCC(=O)OC(COC(=O)CCCCCCCCCCCCCCCCCCCCCCC)COC(OCC[N+](C)(C)C)C(=O)O. The lowest BCUT2D eigenvalue weighted by atomic mass is 10.0. The number of allylic oxidation sites excluding steroid dienone is 10. The molecule has 2 atom stereocenters. The first-order valence-electron chi connectivity index (χ1n) is 32.5. The molecule has 0 aliphatic rings. The van der Waals surface area contributed by atoms with Gasteiger partial charge in [-0.25, -0.2) is 4.79 Å². The van der Waals surface area contributed by atoms with Gasteiger partial charge in [-0.1, -0.05) is 286 Å². The standard InChI is InChI=1S/C68H123NO8/c1-6-8-10-12-14-16-18-20-22-24-26-28-29-30-31-32-33-34-35-36-37-39-41-43-45-47-49-51-53-55-57-59-66(71)77-64(63-76-68(67(72)73)74-61-60-69(3,4)5)62-75-65(70)58-56-54-52-50-48-46-44-42-40-38-27-25-23-21-19-17-15-13-11-9-7-2/h8,10,14,16,20,22,26,28,30-31,64,68H,6-7,9,11-13,15,17-19,21,23-25,27,29,32-63H2,1-5H3/p+1/b10-8-,16-14-,22-20-,28-26-,31-30-. The van der Waals surface area contributed by atoms with Crippen LogP contribution in [0.5, 0.6) is 0 Å².